The molecule has 2 N–H and O–H groups in total. The molecule has 0 aromatic heterocycles. The number of likely N-dealkylation sites (tertiary alicyclic amines) is 1. The Kier molecular flexibility index (Phi) is 6.91. The van der Waals surface area contributed by atoms with Crippen molar-refractivity contribution < 1.29 is 24.2 Å². The molecule has 0 saturated carbocycles. The van der Waals surface area contributed by atoms with Gasteiger partial charge in [0.2, 0.25) is 5.91 Å². The van der Waals surface area contributed by atoms with Crippen molar-refractivity contribution in [3.63, 3.8) is 0 Å². The van der Waals surface area contributed by atoms with Crippen molar-refractivity contribution in [2.75, 3.05) is 19.7 Å². The van der Waals surface area contributed by atoms with E-state index in [1.54, 1.807) is 4.90 Å². The predicted molar refractivity (Wildman–Crippen MR) is 128 cm³/mol. The zero-order valence-electron chi connectivity index (χ0n) is 19.9. The summed E-state index contributed by atoms with van der Waals surface area (Å²) in [5, 5.41) is 12.2. The number of fused-ring (bicyclic) bond motifs is 3. The Bertz CT molecular complexity index is 1040. The summed E-state index contributed by atoms with van der Waals surface area (Å²) in [7, 11) is 0. The van der Waals surface area contributed by atoms with Gasteiger partial charge in [0.05, 0.1) is 5.92 Å². The van der Waals surface area contributed by atoms with Gasteiger partial charge in [-0.2, -0.15) is 0 Å². The molecule has 1 saturated heterocycles. The Balaban J connectivity index is 1.36. The molecule has 2 aliphatic rings. The molecule has 2 amide bonds. The first kappa shape index (κ1) is 23.8. The standard InChI is InChI=1S/C27H32N2O5/c1-16(2)24(12-25(30)29-13-17(3)22(14-29)26(31)32)28-27(33)34-15-23-20-10-6-4-8-18(20)19-9-5-7-11-21(19)23/h4-11,16-17,22-24H,12-15H2,1-3H3,(H,28,33)(H,31,32)/t17-,22-,24-/m0/s1. The fourth-order valence-corrected chi connectivity index (χ4v) is 5.05. The van der Waals surface area contributed by atoms with E-state index in [-0.39, 0.29) is 43.2 Å². The highest BCUT2D eigenvalue weighted by molar-refractivity contribution is 5.81. The van der Waals surface area contributed by atoms with Crippen molar-refractivity contribution >= 4 is 18.0 Å². The van der Waals surface area contributed by atoms with E-state index >= 15 is 0 Å². The maximum Gasteiger partial charge on any atom is 0.407 e. The van der Waals surface area contributed by atoms with E-state index in [0.717, 1.165) is 22.3 Å². The average Bonchev–Trinajstić information content (AvgIpc) is 3.35. The molecule has 0 spiro atoms. The van der Waals surface area contributed by atoms with E-state index in [9.17, 15) is 19.5 Å². The fraction of sp³-hybridized carbons (Fsp3) is 0.444. The number of hydrogen-bond donors (Lipinski definition) is 2. The molecule has 3 atom stereocenters. The zero-order chi connectivity index (χ0) is 24.4. The molecule has 0 unspecified atom stereocenters. The number of ether oxygens (including phenoxy) is 1. The van der Waals surface area contributed by atoms with Crippen LogP contribution in [0.25, 0.3) is 11.1 Å². The number of nitrogens with zero attached hydrogens (tertiary/aromatic N) is 1. The first-order chi connectivity index (χ1) is 16.3. The van der Waals surface area contributed by atoms with Crippen molar-refractivity contribution in [3.8, 4) is 11.1 Å². The summed E-state index contributed by atoms with van der Waals surface area (Å²) < 4.78 is 5.64. The molecule has 180 valence electrons. The average molecular weight is 465 g/mol. The van der Waals surface area contributed by atoms with E-state index in [4.69, 9.17) is 4.74 Å². The molecule has 0 radical (unpaired) electrons. The van der Waals surface area contributed by atoms with E-state index in [2.05, 4.69) is 29.6 Å². The van der Waals surface area contributed by atoms with Crippen LogP contribution in [-0.4, -0.2) is 53.7 Å². The van der Waals surface area contributed by atoms with Crippen molar-refractivity contribution in [2.24, 2.45) is 17.8 Å². The van der Waals surface area contributed by atoms with Crippen LogP contribution in [0, 0.1) is 17.8 Å². The highest BCUT2D eigenvalue weighted by Gasteiger charge is 2.38. The van der Waals surface area contributed by atoms with Crippen LogP contribution in [0.3, 0.4) is 0 Å². The molecule has 2 aromatic carbocycles. The molecule has 4 rings (SSSR count). The summed E-state index contributed by atoms with van der Waals surface area (Å²) in [6, 6.07) is 15.9. The maximum absolute atomic E-state index is 12.8. The van der Waals surface area contributed by atoms with Gasteiger partial charge in [-0.05, 0) is 34.1 Å². The Morgan fingerprint density at radius 1 is 1.03 bits per heavy atom. The number of amides is 2. The topological polar surface area (TPSA) is 95.9 Å². The molecule has 1 aliphatic heterocycles. The third kappa shape index (κ3) is 4.79. The second-order valence-corrected chi connectivity index (χ2v) is 9.75. The normalized spacial score (nSPS) is 20.1. The lowest BCUT2D eigenvalue weighted by molar-refractivity contribution is -0.142. The van der Waals surface area contributed by atoms with Gasteiger partial charge >= 0.3 is 12.1 Å². The van der Waals surface area contributed by atoms with Crippen molar-refractivity contribution in [3.05, 3.63) is 59.7 Å². The zero-order valence-corrected chi connectivity index (χ0v) is 19.9. The predicted octanol–water partition coefficient (Wildman–Crippen LogP) is 4.12. The quantitative estimate of drug-likeness (QED) is 0.643. The summed E-state index contributed by atoms with van der Waals surface area (Å²) in [5.74, 6) is -1.67. The second-order valence-electron chi connectivity index (χ2n) is 9.75. The monoisotopic (exact) mass is 464 g/mol. The van der Waals surface area contributed by atoms with Crippen LogP contribution >= 0.6 is 0 Å². The number of alkyl carbamates (subject to hydrolysis) is 1. The van der Waals surface area contributed by atoms with Crippen LogP contribution in [0.5, 0.6) is 0 Å². The van der Waals surface area contributed by atoms with E-state index < -0.39 is 24.0 Å². The summed E-state index contributed by atoms with van der Waals surface area (Å²) in [5.41, 5.74) is 4.61. The van der Waals surface area contributed by atoms with Crippen LogP contribution < -0.4 is 5.32 Å². The fourth-order valence-electron chi connectivity index (χ4n) is 5.05. The minimum absolute atomic E-state index is 0.0136. The van der Waals surface area contributed by atoms with Gasteiger partial charge < -0.3 is 20.1 Å². The number of aliphatic carboxylic acids is 1. The SMILES string of the molecule is CC(C)[C@H](CC(=O)N1C[C@H](C(=O)O)[C@@H](C)C1)NC(=O)OCC1c2ccccc2-c2ccccc21. The van der Waals surface area contributed by atoms with E-state index in [1.807, 2.05) is 45.0 Å². The summed E-state index contributed by atoms with van der Waals surface area (Å²) in [6.45, 7) is 6.57. The number of carbonyl (C=O) groups excluding carboxylic acids is 2. The van der Waals surface area contributed by atoms with Crippen molar-refractivity contribution in [1.82, 2.24) is 10.2 Å². The summed E-state index contributed by atoms with van der Waals surface area (Å²) >= 11 is 0. The lowest BCUT2D eigenvalue weighted by Crippen LogP contribution is -2.43. The Labute approximate surface area is 200 Å². The number of benzene rings is 2. The first-order valence-corrected chi connectivity index (χ1v) is 11.9. The third-order valence-corrected chi connectivity index (χ3v) is 7.13. The van der Waals surface area contributed by atoms with Crippen LogP contribution in [0.1, 0.15) is 44.2 Å². The van der Waals surface area contributed by atoms with E-state index in [0.29, 0.717) is 6.54 Å². The lowest BCUT2D eigenvalue weighted by atomic mass is 9.98. The Morgan fingerprint density at radius 3 is 2.15 bits per heavy atom. The van der Waals surface area contributed by atoms with E-state index in [1.165, 1.54) is 0 Å². The molecule has 1 aliphatic carbocycles. The minimum atomic E-state index is -0.875. The van der Waals surface area contributed by atoms with Gasteiger partial charge in [0.15, 0.2) is 0 Å². The molecular formula is C27H32N2O5. The van der Waals surface area contributed by atoms with Gasteiger partial charge in [-0.25, -0.2) is 4.79 Å². The minimum Gasteiger partial charge on any atom is -0.481 e. The van der Waals surface area contributed by atoms with Crippen LogP contribution in [0.4, 0.5) is 4.79 Å². The number of hydrogen-bond acceptors (Lipinski definition) is 4. The molecule has 7 heteroatoms. The molecule has 7 nitrogen and oxygen atoms in total. The van der Waals surface area contributed by atoms with Crippen molar-refractivity contribution in [2.45, 2.75) is 39.2 Å². The third-order valence-electron chi connectivity index (χ3n) is 7.13. The van der Waals surface area contributed by atoms with Gasteiger partial charge in [-0.1, -0.05) is 69.3 Å². The van der Waals surface area contributed by atoms with Gasteiger partial charge in [0.25, 0.3) is 0 Å². The Hall–Kier alpha value is -3.35. The van der Waals surface area contributed by atoms with Gasteiger partial charge in [0, 0.05) is 31.5 Å². The lowest BCUT2D eigenvalue weighted by Gasteiger charge is -2.25. The van der Waals surface area contributed by atoms with Crippen molar-refractivity contribution in [1.29, 1.82) is 0 Å². The number of carboxylic acids is 1. The van der Waals surface area contributed by atoms with Gasteiger partial charge in [-0.15, -0.1) is 0 Å². The number of carboxylic acid groups (broad SMARTS) is 1. The maximum atomic E-state index is 12.8. The second kappa shape index (κ2) is 9.87. The Morgan fingerprint density at radius 2 is 1.62 bits per heavy atom. The first-order valence-electron chi connectivity index (χ1n) is 11.9. The highest BCUT2D eigenvalue weighted by Crippen LogP contribution is 2.44. The smallest absolute Gasteiger partial charge is 0.407 e. The number of nitrogens with one attached hydrogen (secondary N) is 1. The number of carbonyl (C=O) groups is 3. The molecule has 34 heavy (non-hydrogen) atoms. The number of rotatable bonds is 7. The van der Waals surface area contributed by atoms with Crippen LogP contribution in [-0.2, 0) is 14.3 Å². The molecule has 1 heterocycles. The summed E-state index contributed by atoms with van der Waals surface area (Å²) in [6.07, 6.45) is -0.437. The van der Waals surface area contributed by atoms with Gasteiger partial charge in [-0.3, -0.25) is 9.59 Å². The largest absolute Gasteiger partial charge is 0.481 e. The molecule has 0 bridgehead atoms. The molecule has 2 aromatic rings. The van der Waals surface area contributed by atoms with Gasteiger partial charge in [0.1, 0.15) is 6.61 Å². The summed E-state index contributed by atoms with van der Waals surface area (Å²) in [4.78, 5) is 38.5. The van der Waals surface area contributed by atoms with Crippen LogP contribution in [0.2, 0.25) is 0 Å². The van der Waals surface area contributed by atoms with Crippen LogP contribution in [0.15, 0.2) is 48.5 Å². The molecule has 1 fully saturated rings. The highest BCUT2D eigenvalue weighted by atomic mass is 16.5. The molecular weight excluding hydrogens is 432 g/mol.